The summed E-state index contributed by atoms with van der Waals surface area (Å²) < 4.78 is 3.50. The zero-order valence-electron chi connectivity index (χ0n) is 14.2. The molecule has 1 saturated heterocycles. The predicted octanol–water partition coefficient (Wildman–Crippen LogP) is 2.70. The van der Waals surface area contributed by atoms with Crippen molar-refractivity contribution in [3.8, 4) is 0 Å². The highest BCUT2D eigenvalue weighted by molar-refractivity contribution is 7.97. The molecule has 0 bridgehead atoms. The maximum Gasteiger partial charge on any atom is 0.319 e. The molecule has 7 heteroatoms. The minimum absolute atomic E-state index is 0.218. The van der Waals surface area contributed by atoms with Crippen LogP contribution in [0, 0.1) is 0 Å². The lowest BCUT2D eigenvalue weighted by molar-refractivity contribution is 0.251. The average Bonchev–Trinajstić information content (AvgIpc) is 3.06. The molecule has 3 N–H and O–H groups in total. The van der Waals surface area contributed by atoms with Crippen molar-refractivity contribution in [2.45, 2.75) is 23.9 Å². The number of rotatable bonds is 6. The van der Waals surface area contributed by atoms with E-state index in [4.69, 9.17) is 0 Å². The van der Waals surface area contributed by atoms with E-state index in [1.54, 1.807) is 24.3 Å². The first-order valence-electron chi connectivity index (χ1n) is 8.34. The molecule has 0 saturated carbocycles. The number of likely N-dealkylation sites (N-methyl/N-ethyl adjacent to an activating group) is 1. The van der Waals surface area contributed by atoms with Gasteiger partial charge in [0.15, 0.2) is 0 Å². The van der Waals surface area contributed by atoms with E-state index in [0.717, 1.165) is 29.2 Å². The van der Waals surface area contributed by atoms with Crippen LogP contribution in [0.2, 0.25) is 0 Å². The highest BCUT2D eigenvalue weighted by atomic mass is 32.2. The van der Waals surface area contributed by atoms with Gasteiger partial charge in [-0.1, -0.05) is 0 Å². The molecule has 2 heterocycles. The Kier molecular flexibility index (Phi) is 6.27. The average molecular weight is 357 g/mol. The lowest BCUT2D eigenvalue weighted by atomic mass is 10.3. The van der Waals surface area contributed by atoms with Gasteiger partial charge in [-0.05, 0) is 73.9 Å². The molecule has 1 atom stereocenters. The Balaban J connectivity index is 1.41. The number of aromatic nitrogens is 1. The highest BCUT2D eigenvalue weighted by Gasteiger charge is 2.18. The van der Waals surface area contributed by atoms with Crippen LogP contribution in [0.25, 0.3) is 0 Å². The number of nitrogens with zero attached hydrogens (tertiary/aromatic N) is 2. The molecule has 1 fully saturated rings. The number of carbonyl (C=O) groups excluding carboxylic acids is 1. The molecule has 2 aromatic rings. The predicted molar refractivity (Wildman–Crippen MR) is 101 cm³/mol. The zero-order chi connectivity index (χ0) is 17.5. The van der Waals surface area contributed by atoms with Crippen LogP contribution < -0.4 is 15.4 Å². The van der Waals surface area contributed by atoms with Crippen LogP contribution >= 0.6 is 11.9 Å². The number of hydrogen-bond acceptors (Lipinski definition) is 5. The van der Waals surface area contributed by atoms with Gasteiger partial charge in [0.1, 0.15) is 0 Å². The van der Waals surface area contributed by atoms with Gasteiger partial charge in [0.05, 0.1) is 0 Å². The van der Waals surface area contributed by atoms with Gasteiger partial charge in [-0.25, -0.2) is 4.79 Å². The van der Waals surface area contributed by atoms with Crippen LogP contribution in [-0.4, -0.2) is 42.1 Å². The molecule has 1 aromatic heterocycles. The van der Waals surface area contributed by atoms with Gasteiger partial charge < -0.3 is 15.5 Å². The van der Waals surface area contributed by atoms with E-state index in [1.807, 2.05) is 36.4 Å². The van der Waals surface area contributed by atoms with Crippen molar-refractivity contribution < 1.29 is 4.79 Å². The summed E-state index contributed by atoms with van der Waals surface area (Å²) in [4.78, 5) is 19.4. The fraction of sp³-hybridized carbons (Fsp3) is 0.333. The molecular formula is C18H23N5OS. The van der Waals surface area contributed by atoms with E-state index < -0.39 is 0 Å². The Bertz CT molecular complexity index is 680. The van der Waals surface area contributed by atoms with E-state index in [1.165, 1.54) is 6.42 Å². The van der Waals surface area contributed by atoms with E-state index >= 15 is 0 Å². The number of likely N-dealkylation sites (tertiary alicyclic amines) is 1. The highest BCUT2D eigenvalue weighted by Crippen LogP contribution is 2.20. The number of nitrogens with one attached hydrogen (secondary N) is 3. The van der Waals surface area contributed by atoms with Crippen molar-refractivity contribution in [2.24, 2.45) is 0 Å². The summed E-state index contributed by atoms with van der Waals surface area (Å²) in [6.07, 6.45) is 4.60. The molecule has 1 aliphatic heterocycles. The monoisotopic (exact) mass is 357 g/mol. The quantitative estimate of drug-likeness (QED) is 0.694. The summed E-state index contributed by atoms with van der Waals surface area (Å²) in [7, 11) is 2.15. The largest absolute Gasteiger partial charge is 0.334 e. The summed E-state index contributed by atoms with van der Waals surface area (Å²) in [5.41, 5.74) is 1.79. The number of urea groups is 1. The Hall–Kier alpha value is -2.09. The van der Waals surface area contributed by atoms with Gasteiger partial charge in [0.25, 0.3) is 0 Å². The first kappa shape index (κ1) is 17.7. The smallest absolute Gasteiger partial charge is 0.319 e. The fourth-order valence-corrected chi connectivity index (χ4v) is 3.41. The summed E-state index contributed by atoms with van der Waals surface area (Å²) in [5, 5.41) is 5.67. The van der Waals surface area contributed by atoms with Crippen LogP contribution in [0.5, 0.6) is 0 Å². The molecular weight excluding hydrogens is 334 g/mol. The lowest BCUT2D eigenvalue weighted by Gasteiger charge is -2.12. The molecule has 6 nitrogen and oxygen atoms in total. The number of benzene rings is 1. The Morgan fingerprint density at radius 1 is 1.24 bits per heavy atom. The molecule has 1 aromatic carbocycles. The summed E-state index contributed by atoms with van der Waals surface area (Å²) in [6.45, 7) is 2.71. The first-order chi connectivity index (χ1) is 12.2. The van der Waals surface area contributed by atoms with E-state index in [2.05, 4.69) is 32.3 Å². The van der Waals surface area contributed by atoms with Crippen molar-refractivity contribution in [3.05, 3.63) is 54.4 Å². The maximum absolute atomic E-state index is 11.9. The van der Waals surface area contributed by atoms with Crippen molar-refractivity contribution in [2.75, 3.05) is 25.5 Å². The minimum atomic E-state index is -0.218. The third-order valence-corrected chi connectivity index (χ3v) is 5.01. The normalized spacial score (nSPS) is 17.4. The molecule has 2 amide bonds. The second kappa shape index (κ2) is 8.84. The van der Waals surface area contributed by atoms with Crippen molar-refractivity contribution in [1.82, 2.24) is 19.9 Å². The number of carbonyl (C=O) groups is 1. The van der Waals surface area contributed by atoms with Gasteiger partial charge in [-0.2, -0.15) is 0 Å². The summed E-state index contributed by atoms with van der Waals surface area (Å²) >= 11 is 1.64. The third kappa shape index (κ3) is 5.74. The van der Waals surface area contributed by atoms with Crippen LogP contribution in [-0.2, 0) is 6.54 Å². The van der Waals surface area contributed by atoms with Crippen LogP contribution in [0.4, 0.5) is 10.5 Å². The summed E-state index contributed by atoms with van der Waals surface area (Å²) in [6, 6.07) is 11.9. The van der Waals surface area contributed by atoms with Gasteiger partial charge in [0, 0.05) is 42.1 Å². The molecule has 0 spiro atoms. The first-order valence-corrected chi connectivity index (χ1v) is 9.15. The van der Waals surface area contributed by atoms with Crippen LogP contribution in [0.3, 0.4) is 0 Å². The third-order valence-electron chi connectivity index (χ3n) is 4.05. The molecule has 0 radical (unpaired) electrons. The van der Waals surface area contributed by atoms with Gasteiger partial charge >= 0.3 is 6.03 Å². The number of anilines is 1. The standard InChI is InChI=1S/C18H23N5OS/c1-23-11-8-16(13-23)22-25-17-4-2-15(3-5-17)21-18(24)20-12-14-6-9-19-10-7-14/h2-7,9-10,16,22H,8,11-13H2,1H3,(H2,20,21,24). The fourth-order valence-electron chi connectivity index (χ4n) is 2.65. The second-order valence-corrected chi connectivity index (χ2v) is 7.07. The molecule has 132 valence electrons. The maximum atomic E-state index is 11.9. The van der Waals surface area contributed by atoms with Crippen molar-refractivity contribution >= 4 is 23.7 Å². The topological polar surface area (TPSA) is 69.3 Å². The van der Waals surface area contributed by atoms with E-state index in [-0.39, 0.29) is 6.03 Å². The van der Waals surface area contributed by atoms with E-state index in [0.29, 0.717) is 12.6 Å². The van der Waals surface area contributed by atoms with Crippen molar-refractivity contribution in [1.29, 1.82) is 0 Å². The molecule has 25 heavy (non-hydrogen) atoms. The Morgan fingerprint density at radius 2 is 2.00 bits per heavy atom. The van der Waals surface area contributed by atoms with Crippen LogP contribution in [0.1, 0.15) is 12.0 Å². The molecule has 3 rings (SSSR count). The lowest BCUT2D eigenvalue weighted by Crippen LogP contribution is -2.28. The Morgan fingerprint density at radius 3 is 2.68 bits per heavy atom. The van der Waals surface area contributed by atoms with E-state index in [9.17, 15) is 4.79 Å². The van der Waals surface area contributed by atoms with Crippen molar-refractivity contribution in [3.63, 3.8) is 0 Å². The number of hydrogen-bond donors (Lipinski definition) is 3. The molecule has 0 aliphatic carbocycles. The number of pyridine rings is 1. The minimum Gasteiger partial charge on any atom is -0.334 e. The van der Waals surface area contributed by atoms with Gasteiger partial charge in [0.2, 0.25) is 0 Å². The van der Waals surface area contributed by atoms with Crippen LogP contribution in [0.15, 0.2) is 53.7 Å². The van der Waals surface area contributed by atoms with Gasteiger partial charge in [-0.15, -0.1) is 0 Å². The van der Waals surface area contributed by atoms with Gasteiger partial charge in [-0.3, -0.25) is 9.71 Å². The zero-order valence-corrected chi connectivity index (χ0v) is 15.1. The summed E-state index contributed by atoms with van der Waals surface area (Å²) in [5.74, 6) is 0. The second-order valence-electron chi connectivity index (χ2n) is 6.16. The SMILES string of the molecule is CN1CCC(NSc2ccc(NC(=O)NCc3ccncc3)cc2)C1. The Labute approximate surface area is 152 Å². The molecule has 1 unspecified atom stereocenters. The molecule has 1 aliphatic rings. The number of amides is 2.